The molecule has 0 bridgehead atoms. The van der Waals surface area contributed by atoms with Crippen molar-refractivity contribution in [1.29, 1.82) is 0 Å². The molecule has 0 unspecified atom stereocenters. The minimum Gasteiger partial charge on any atom is -0.493 e. The zero-order valence-corrected chi connectivity index (χ0v) is 20.8. The predicted molar refractivity (Wildman–Crippen MR) is 128 cm³/mol. The maximum absolute atomic E-state index is 12.4. The highest BCUT2D eigenvalue weighted by molar-refractivity contribution is 7.99. The second-order valence-corrected chi connectivity index (χ2v) is 8.20. The highest BCUT2D eigenvalue weighted by Gasteiger charge is 2.21. The molecule has 0 aliphatic carbocycles. The minimum atomic E-state index is -0.0905. The van der Waals surface area contributed by atoms with Crippen molar-refractivity contribution >= 4 is 17.7 Å². The fourth-order valence-corrected chi connectivity index (χ4v) is 4.11. The third-order valence-corrected chi connectivity index (χ3v) is 5.95. The molecule has 34 heavy (non-hydrogen) atoms. The molecule has 0 radical (unpaired) electrons. The summed E-state index contributed by atoms with van der Waals surface area (Å²) < 4.78 is 24.8. The molecule has 0 spiro atoms. The lowest BCUT2D eigenvalue weighted by atomic mass is 10.1. The summed E-state index contributed by atoms with van der Waals surface area (Å²) in [5, 5.41) is 16.5. The zero-order chi connectivity index (χ0) is 24.5. The minimum absolute atomic E-state index is 0.0905. The Balaban J connectivity index is 1.60. The number of hydrogen-bond donors (Lipinski definition) is 1. The summed E-state index contributed by atoms with van der Waals surface area (Å²) in [6.45, 7) is 1.50. The number of benzene rings is 1. The summed E-state index contributed by atoms with van der Waals surface area (Å²) in [5.41, 5.74) is 1.76. The largest absolute Gasteiger partial charge is 0.493 e. The number of nitrogens with zero attached hydrogens (tertiary/aromatic N) is 5. The smallest absolute Gasteiger partial charge is 0.243 e. The van der Waals surface area contributed by atoms with Crippen molar-refractivity contribution in [1.82, 2.24) is 29.9 Å². The number of thioether (sulfide) groups is 1. The average Bonchev–Trinajstić information content (AvgIpc) is 3.43. The van der Waals surface area contributed by atoms with Crippen LogP contribution in [0.25, 0.3) is 11.4 Å². The summed E-state index contributed by atoms with van der Waals surface area (Å²) >= 11 is 1.32. The molecule has 0 aliphatic heterocycles. The Kier molecular flexibility index (Phi) is 9.16. The number of aryl methyl sites for hydroxylation is 1. The Labute approximate surface area is 202 Å². The van der Waals surface area contributed by atoms with Gasteiger partial charge in [-0.25, -0.2) is 0 Å². The van der Waals surface area contributed by atoms with Gasteiger partial charge >= 0.3 is 0 Å². The van der Waals surface area contributed by atoms with E-state index >= 15 is 0 Å². The van der Waals surface area contributed by atoms with Crippen molar-refractivity contribution in [2.24, 2.45) is 7.05 Å². The van der Waals surface area contributed by atoms with Gasteiger partial charge in [0.2, 0.25) is 11.8 Å². The maximum atomic E-state index is 12.4. The lowest BCUT2D eigenvalue weighted by molar-refractivity contribution is -0.118. The Bertz CT molecular complexity index is 1100. The molecular weight excluding hydrogens is 460 g/mol. The van der Waals surface area contributed by atoms with Gasteiger partial charge in [-0.2, -0.15) is 0 Å². The van der Waals surface area contributed by atoms with Gasteiger partial charge in [0.25, 0.3) is 0 Å². The summed E-state index contributed by atoms with van der Waals surface area (Å²) in [5.74, 6) is 2.52. The number of rotatable bonds is 13. The normalized spacial score (nSPS) is 10.9. The number of carbonyl (C=O) groups is 1. The quantitative estimate of drug-likeness (QED) is 0.358. The maximum Gasteiger partial charge on any atom is 0.243 e. The number of nitrogens with one attached hydrogen (secondary N) is 1. The van der Waals surface area contributed by atoms with Crippen LogP contribution in [0.2, 0.25) is 0 Å². The molecule has 3 aromatic rings. The van der Waals surface area contributed by atoms with E-state index in [0.717, 1.165) is 11.1 Å². The van der Waals surface area contributed by atoms with Crippen molar-refractivity contribution < 1.29 is 23.7 Å². The first kappa shape index (κ1) is 25.4. The van der Waals surface area contributed by atoms with Gasteiger partial charge in [0.1, 0.15) is 5.56 Å². The van der Waals surface area contributed by atoms with Gasteiger partial charge in [0, 0.05) is 26.9 Å². The highest BCUT2D eigenvalue weighted by atomic mass is 32.2. The molecule has 12 heteroatoms. The first-order valence-electron chi connectivity index (χ1n) is 10.6. The number of aromatic nitrogens is 5. The molecule has 0 saturated carbocycles. The molecule has 0 atom stereocenters. The Morgan fingerprint density at radius 1 is 1.09 bits per heavy atom. The van der Waals surface area contributed by atoms with Gasteiger partial charge in [-0.3, -0.25) is 14.0 Å². The first-order chi connectivity index (χ1) is 16.5. The number of ether oxygens (including phenoxy) is 4. The lowest BCUT2D eigenvalue weighted by Crippen LogP contribution is -2.27. The van der Waals surface area contributed by atoms with E-state index in [1.165, 1.54) is 11.8 Å². The molecule has 184 valence electrons. The van der Waals surface area contributed by atoms with Crippen LogP contribution in [0.15, 0.2) is 29.6 Å². The van der Waals surface area contributed by atoms with E-state index in [1.54, 1.807) is 33.1 Å². The van der Waals surface area contributed by atoms with Crippen LogP contribution in [0.3, 0.4) is 0 Å². The van der Waals surface area contributed by atoms with E-state index in [2.05, 4.69) is 20.6 Å². The van der Waals surface area contributed by atoms with Gasteiger partial charge in [-0.1, -0.05) is 17.8 Å². The molecule has 2 heterocycles. The number of carbonyl (C=O) groups excluding carboxylic acids is 1. The number of hydrogen-bond acceptors (Lipinski definition) is 9. The van der Waals surface area contributed by atoms with Gasteiger partial charge in [0.15, 0.2) is 22.5 Å². The predicted octanol–water partition coefficient (Wildman–Crippen LogP) is 1.80. The van der Waals surface area contributed by atoms with E-state index in [0.29, 0.717) is 54.5 Å². The van der Waals surface area contributed by atoms with E-state index in [4.69, 9.17) is 18.9 Å². The van der Waals surface area contributed by atoms with Crippen LogP contribution < -0.4 is 19.5 Å². The van der Waals surface area contributed by atoms with Crippen molar-refractivity contribution in [3.63, 3.8) is 0 Å². The Morgan fingerprint density at radius 2 is 1.88 bits per heavy atom. The van der Waals surface area contributed by atoms with Crippen LogP contribution in [-0.4, -0.2) is 77.8 Å². The molecule has 0 saturated heterocycles. The third-order valence-electron chi connectivity index (χ3n) is 4.98. The van der Waals surface area contributed by atoms with Crippen molar-refractivity contribution in [3.05, 3.63) is 30.0 Å². The third kappa shape index (κ3) is 6.20. The second-order valence-electron chi connectivity index (χ2n) is 7.25. The summed E-state index contributed by atoms with van der Waals surface area (Å²) in [7, 11) is 8.20. The van der Waals surface area contributed by atoms with E-state index in [1.807, 2.05) is 36.0 Å². The Morgan fingerprint density at radius 3 is 2.59 bits per heavy atom. The van der Waals surface area contributed by atoms with Crippen molar-refractivity contribution in [2.45, 2.75) is 18.1 Å². The molecular formula is C22H30N6O5S. The SMILES string of the molecule is COCCn1c(SCC(=O)NCCc2ccc(OC)c(OC)c2)nnc1-c1cn(C)nc1OC. The molecule has 11 nitrogen and oxygen atoms in total. The van der Waals surface area contributed by atoms with E-state index in [-0.39, 0.29) is 11.7 Å². The fraction of sp³-hybridized carbons (Fsp3) is 0.455. The monoisotopic (exact) mass is 490 g/mol. The average molecular weight is 491 g/mol. The van der Waals surface area contributed by atoms with Crippen LogP contribution in [0.4, 0.5) is 0 Å². The van der Waals surface area contributed by atoms with Crippen LogP contribution in [0.1, 0.15) is 5.56 Å². The first-order valence-corrected chi connectivity index (χ1v) is 11.6. The zero-order valence-electron chi connectivity index (χ0n) is 20.0. The van der Waals surface area contributed by atoms with E-state index in [9.17, 15) is 4.79 Å². The van der Waals surface area contributed by atoms with Crippen LogP contribution in [0, 0.1) is 0 Å². The van der Waals surface area contributed by atoms with Crippen LogP contribution in [0.5, 0.6) is 17.4 Å². The van der Waals surface area contributed by atoms with Gasteiger partial charge in [-0.15, -0.1) is 15.3 Å². The van der Waals surface area contributed by atoms with Gasteiger partial charge < -0.3 is 24.3 Å². The topological polar surface area (TPSA) is 115 Å². The van der Waals surface area contributed by atoms with Crippen LogP contribution >= 0.6 is 11.8 Å². The number of amides is 1. The molecule has 1 N–H and O–H groups in total. The molecule has 0 fully saturated rings. The lowest BCUT2D eigenvalue weighted by Gasteiger charge is -2.11. The Hall–Kier alpha value is -3.25. The summed E-state index contributed by atoms with van der Waals surface area (Å²) in [4.78, 5) is 12.4. The van der Waals surface area contributed by atoms with Gasteiger partial charge in [-0.05, 0) is 24.1 Å². The number of methoxy groups -OCH3 is 4. The molecule has 3 rings (SSSR count). The summed E-state index contributed by atoms with van der Waals surface area (Å²) in [6, 6.07) is 5.72. The standard InChI is InChI=1S/C22H30N6O5S/c1-27-13-16(21(26-27)33-5)20-24-25-22(28(20)10-11-30-2)34-14-19(29)23-9-8-15-6-7-17(31-3)18(12-15)32-4/h6-7,12-13H,8-11,14H2,1-5H3,(H,23,29). The summed E-state index contributed by atoms with van der Waals surface area (Å²) in [6.07, 6.45) is 2.49. The molecule has 1 aromatic carbocycles. The highest BCUT2D eigenvalue weighted by Crippen LogP contribution is 2.30. The van der Waals surface area contributed by atoms with Crippen molar-refractivity contribution in [2.75, 3.05) is 47.3 Å². The molecule has 1 amide bonds. The van der Waals surface area contributed by atoms with Crippen molar-refractivity contribution in [3.8, 4) is 28.8 Å². The fourth-order valence-electron chi connectivity index (χ4n) is 3.31. The van der Waals surface area contributed by atoms with Gasteiger partial charge in [0.05, 0.1) is 40.2 Å². The second kappa shape index (κ2) is 12.3. The molecule has 0 aliphatic rings. The van der Waals surface area contributed by atoms with Crippen LogP contribution in [-0.2, 0) is 29.5 Å². The molecule has 2 aromatic heterocycles. The van der Waals surface area contributed by atoms with E-state index < -0.39 is 0 Å².